The van der Waals surface area contributed by atoms with Crippen molar-refractivity contribution >= 4 is 55.0 Å². The number of hydrogen-bond donors (Lipinski definition) is 2. The molecule has 1 aliphatic heterocycles. The Morgan fingerprint density at radius 3 is 2.89 bits per heavy atom. The van der Waals surface area contributed by atoms with E-state index in [0.717, 1.165) is 18.6 Å². The highest BCUT2D eigenvalue weighted by molar-refractivity contribution is 9.10. The van der Waals surface area contributed by atoms with Gasteiger partial charge in [0.25, 0.3) is 0 Å². The van der Waals surface area contributed by atoms with E-state index in [1.54, 1.807) is 11.8 Å². The smallest absolute Gasteiger partial charge is 0.241 e. The molecular formula is C11H14BrClN2O2S2. The van der Waals surface area contributed by atoms with Crippen LogP contribution in [-0.2, 0) is 10.0 Å². The Bertz CT molecular complexity index is 574. The van der Waals surface area contributed by atoms with E-state index in [1.807, 2.05) is 0 Å². The van der Waals surface area contributed by atoms with Crippen LogP contribution in [0.15, 0.2) is 21.5 Å². The molecule has 19 heavy (non-hydrogen) atoms. The Morgan fingerprint density at radius 2 is 2.26 bits per heavy atom. The van der Waals surface area contributed by atoms with Gasteiger partial charge in [-0.2, -0.15) is 11.8 Å². The first kappa shape index (κ1) is 15.4. The van der Waals surface area contributed by atoms with Gasteiger partial charge in [-0.3, -0.25) is 0 Å². The molecule has 1 saturated heterocycles. The number of sulfonamides is 1. The minimum absolute atomic E-state index is 0.0838. The monoisotopic (exact) mass is 384 g/mol. The molecule has 1 heterocycles. The fourth-order valence-corrected chi connectivity index (χ4v) is 5.54. The van der Waals surface area contributed by atoms with E-state index in [9.17, 15) is 8.42 Å². The number of thioether (sulfide) groups is 1. The average Bonchev–Trinajstić information content (AvgIpc) is 2.84. The molecule has 0 aromatic heterocycles. The van der Waals surface area contributed by atoms with Crippen molar-refractivity contribution in [3.63, 3.8) is 0 Å². The van der Waals surface area contributed by atoms with E-state index in [2.05, 4.69) is 20.7 Å². The van der Waals surface area contributed by atoms with E-state index >= 15 is 0 Å². The second kappa shape index (κ2) is 6.22. The lowest BCUT2D eigenvalue weighted by Crippen LogP contribution is -2.30. The van der Waals surface area contributed by atoms with Crippen molar-refractivity contribution in [1.82, 2.24) is 4.72 Å². The summed E-state index contributed by atoms with van der Waals surface area (Å²) in [5.74, 6) is 1.10. The van der Waals surface area contributed by atoms with Crippen LogP contribution in [0.5, 0.6) is 0 Å². The minimum atomic E-state index is -3.60. The summed E-state index contributed by atoms with van der Waals surface area (Å²) >= 11 is 10.9. The van der Waals surface area contributed by atoms with Crippen molar-refractivity contribution < 1.29 is 8.42 Å². The predicted octanol–water partition coefficient (Wildman–Crippen LogP) is 2.86. The van der Waals surface area contributed by atoms with Crippen molar-refractivity contribution in [3.8, 4) is 0 Å². The summed E-state index contributed by atoms with van der Waals surface area (Å²) in [6.07, 6.45) is 2.19. The Balaban J connectivity index is 2.19. The number of hydrogen-bond acceptors (Lipinski definition) is 4. The van der Waals surface area contributed by atoms with Gasteiger partial charge in [0.15, 0.2) is 0 Å². The molecule has 2 rings (SSSR count). The third-order valence-corrected chi connectivity index (χ3v) is 7.06. The van der Waals surface area contributed by atoms with E-state index < -0.39 is 10.0 Å². The maximum absolute atomic E-state index is 12.2. The van der Waals surface area contributed by atoms with Gasteiger partial charge in [0.2, 0.25) is 10.0 Å². The number of nitrogens with two attached hydrogens (primary N) is 1. The molecule has 4 nitrogen and oxygen atoms in total. The molecule has 3 N–H and O–H groups in total. The third kappa shape index (κ3) is 3.78. The third-order valence-electron chi connectivity index (χ3n) is 2.85. The number of nitrogen functional groups attached to an aromatic ring is 1. The summed E-state index contributed by atoms with van der Waals surface area (Å²) in [5.41, 5.74) is 6.02. The Kier molecular flexibility index (Phi) is 5.05. The van der Waals surface area contributed by atoms with Crippen LogP contribution in [-0.4, -0.2) is 26.0 Å². The molecule has 1 aliphatic rings. The quantitative estimate of drug-likeness (QED) is 0.782. The second-order valence-corrected chi connectivity index (χ2v) is 8.67. The Morgan fingerprint density at radius 1 is 1.53 bits per heavy atom. The average molecular weight is 386 g/mol. The standard InChI is InChI=1S/C11H14BrClN2O2S2/c12-11-9(14)4-7(13)5-10(11)19(16,17)15-6-8-2-1-3-18-8/h4-5,8,15H,1-3,6,14H2. The van der Waals surface area contributed by atoms with Crippen LogP contribution in [0.2, 0.25) is 5.02 Å². The fourth-order valence-electron chi connectivity index (χ4n) is 1.87. The molecule has 0 bridgehead atoms. The number of halogens is 2. The molecule has 0 aliphatic carbocycles. The second-order valence-electron chi connectivity index (χ2n) is 4.29. The van der Waals surface area contributed by atoms with Crippen LogP contribution in [0.3, 0.4) is 0 Å². The number of nitrogens with one attached hydrogen (secondary N) is 1. The number of rotatable bonds is 4. The summed E-state index contributed by atoms with van der Waals surface area (Å²) in [7, 11) is -3.60. The molecule has 106 valence electrons. The van der Waals surface area contributed by atoms with E-state index in [4.69, 9.17) is 17.3 Å². The zero-order valence-electron chi connectivity index (χ0n) is 10.0. The van der Waals surface area contributed by atoms with Gasteiger partial charge in [-0.25, -0.2) is 13.1 Å². The van der Waals surface area contributed by atoms with Crippen LogP contribution in [0, 0.1) is 0 Å². The number of benzene rings is 1. The van der Waals surface area contributed by atoms with Crippen molar-refractivity contribution in [1.29, 1.82) is 0 Å². The van der Waals surface area contributed by atoms with E-state index in [-0.39, 0.29) is 4.90 Å². The van der Waals surface area contributed by atoms with Crippen LogP contribution in [0.1, 0.15) is 12.8 Å². The zero-order valence-corrected chi connectivity index (χ0v) is 14.0. The highest BCUT2D eigenvalue weighted by atomic mass is 79.9. The van der Waals surface area contributed by atoms with E-state index in [0.29, 0.717) is 27.0 Å². The van der Waals surface area contributed by atoms with Crippen molar-refractivity contribution in [3.05, 3.63) is 21.6 Å². The maximum atomic E-state index is 12.2. The first-order valence-corrected chi connectivity index (χ1v) is 9.46. The molecule has 1 aromatic rings. The lowest BCUT2D eigenvalue weighted by molar-refractivity contribution is 0.578. The predicted molar refractivity (Wildman–Crippen MR) is 84.2 cm³/mol. The van der Waals surface area contributed by atoms with Gasteiger partial charge in [0.05, 0.1) is 9.37 Å². The number of anilines is 1. The summed E-state index contributed by atoms with van der Waals surface area (Å²) in [6.45, 7) is 0.436. The van der Waals surface area contributed by atoms with Gasteiger partial charge in [-0.15, -0.1) is 0 Å². The molecule has 1 aromatic carbocycles. The molecule has 1 unspecified atom stereocenters. The van der Waals surface area contributed by atoms with Gasteiger partial charge in [-0.1, -0.05) is 11.6 Å². The molecule has 0 spiro atoms. The highest BCUT2D eigenvalue weighted by Gasteiger charge is 2.23. The molecule has 0 radical (unpaired) electrons. The zero-order chi connectivity index (χ0) is 14.0. The summed E-state index contributed by atoms with van der Waals surface area (Å²) in [5, 5.41) is 0.654. The highest BCUT2D eigenvalue weighted by Crippen LogP contribution is 2.32. The maximum Gasteiger partial charge on any atom is 0.241 e. The van der Waals surface area contributed by atoms with Gasteiger partial charge < -0.3 is 5.73 Å². The molecule has 0 amide bonds. The SMILES string of the molecule is Nc1cc(Cl)cc(S(=O)(=O)NCC2CCCS2)c1Br. The van der Waals surface area contributed by atoms with Crippen molar-refractivity contribution in [2.75, 3.05) is 18.0 Å². The normalized spacial score (nSPS) is 19.8. The van der Waals surface area contributed by atoms with Gasteiger partial charge in [0, 0.05) is 22.5 Å². The molecule has 1 fully saturated rings. The Labute approximate surface area is 130 Å². The first-order chi connectivity index (χ1) is 8.90. The van der Waals surface area contributed by atoms with Crippen LogP contribution in [0.25, 0.3) is 0 Å². The van der Waals surface area contributed by atoms with Crippen molar-refractivity contribution in [2.24, 2.45) is 0 Å². The lowest BCUT2D eigenvalue weighted by Gasteiger charge is -2.13. The first-order valence-electron chi connectivity index (χ1n) is 5.76. The van der Waals surface area contributed by atoms with E-state index in [1.165, 1.54) is 12.1 Å². The Hall–Kier alpha value is 0.0500. The minimum Gasteiger partial charge on any atom is -0.398 e. The summed E-state index contributed by atoms with van der Waals surface area (Å²) < 4.78 is 27.5. The van der Waals surface area contributed by atoms with Gasteiger partial charge in [0.1, 0.15) is 0 Å². The van der Waals surface area contributed by atoms with Crippen LogP contribution in [0.4, 0.5) is 5.69 Å². The summed E-state index contributed by atoms with van der Waals surface area (Å²) in [6, 6.07) is 2.91. The van der Waals surface area contributed by atoms with Crippen LogP contribution >= 0.6 is 39.3 Å². The van der Waals surface area contributed by atoms with Crippen LogP contribution < -0.4 is 10.5 Å². The molecule has 8 heteroatoms. The van der Waals surface area contributed by atoms with Crippen molar-refractivity contribution in [2.45, 2.75) is 23.0 Å². The molecular weight excluding hydrogens is 372 g/mol. The lowest BCUT2D eigenvalue weighted by atomic mass is 10.2. The van der Waals surface area contributed by atoms with Gasteiger partial charge >= 0.3 is 0 Å². The van der Waals surface area contributed by atoms with Gasteiger partial charge in [-0.05, 0) is 46.7 Å². The fraction of sp³-hybridized carbons (Fsp3) is 0.455. The summed E-state index contributed by atoms with van der Waals surface area (Å²) in [4.78, 5) is 0.0838. The molecule has 0 saturated carbocycles. The molecule has 1 atom stereocenters. The largest absolute Gasteiger partial charge is 0.398 e. The topological polar surface area (TPSA) is 72.2 Å².